The lowest BCUT2D eigenvalue weighted by Gasteiger charge is -2.43. The Labute approximate surface area is 82.9 Å². The standard InChI is InChI=1S/C10H21O2Si/c1-4-9(11)10(13(2)3)7-5-6-8-12-10/h9,11,13H,1,4-8H2,2-3H3. The summed E-state index contributed by atoms with van der Waals surface area (Å²) < 4.78 is 5.85. The Balaban J connectivity index is 2.72. The van der Waals surface area contributed by atoms with Gasteiger partial charge in [0.2, 0.25) is 0 Å². The maximum absolute atomic E-state index is 9.95. The van der Waals surface area contributed by atoms with Crippen molar-refractivity contribution in [3.8, 4) is 0 Å². The smallest absolute Gasteiger partial charge is 0.0800 e. The SMILES string of the molecule is [CH2]CC(O)C1([SiH](C)C)CCCCO1. The highest BCUT2D eigenvalue weighted by molar-refractivity contribution is 6.59. The van der Waals surface area contributed by atoms with E-state index in [9.17, 15) is 5.11 Å². The van der Waals surface area contributed by atoms with E-state index in [4.69, 9.17) is 4.74 Å². The second kappa shape index (κ2) is 4.58. The highest BCUT2D eigenvalue weighted by atomic mass is 28.3. The maximum atomic E-state index is 9.95. The molecule has 3 heteroatoms. The number of aliphatic hydroxyl groups excluding tert-OH is 1. The zero-order chi connectivity index (χ0) is 9.90. The van der Waals surface area contributed by atoms with Crippen molar-refractivity contribution in [1.29, 1.82) is 0 Å². The van der Waals surface area contributed by atoms with Crippen LogP contribution in [0.25, 0.3) is 0 Å². The van der Waals surface area contributed by atoms with E-state index in [1.54, 1.807) is 0 Å². The molecule has 2 atom stereocenters. The van der Waals surface area contributed by atoms with Gasteiger partial charge in [-0.2, -0.15) is 0 Å². The Kier molecular flexibility index (Phi) is 3.95. The van der Waals surface area contributed by atoms with E-state index in [1.807, 2.05) is 0 Å². The summed E-state index contributed by atoms with van der Waals surface area (Å²) in [4.78, 5) is 0. The molecule has 1 radical (unpaired) electrons. The molecule has 77 valence electrons. The minimum absolute atomic E-state index is 0.181. The van der Waals surface area contributed by atoms with Crippen molar-refractivity contribution in [3.63, 3.8) is 0 Å². The largest absolute Gasteiger partial charge is 0.390 e. The van der Waals surface area contributed by atoms with Gasteiger partial charge in [-0.05, 0) is 25.7 Å². The number of rotatable bonds is 3. The average Bonchev–Trinajstić information content (AvgIpc) is 2.17. The van der Waals surface area contributed by atoms with Crippen LogP contribution in [0.4, 0.5) is 0 Å². The van der Waals surface area contributed by atoms with Crippen LogP contribution in [0.2, 0.25) is 13.1 Å². The number of ether oxygens (including phenoxy) is 1. The van der Waals surface area contributed by atoms with Gasteiger partial charge in [-0.1, -0.05) is 20.0 Å². The Morgan fingerprint density at radius 3 is 2.62 bits per heavy atom. The zero-order valence-corrected chi connectivity index (χ0v) is 9.91. The molecule has 1 aliphatic heterocycles. The first-order valence-corrected chi connectivity index (χ1v) is 8.13. The molecule has 1 N–H and O–H groups in total. The molecule has 13 heavy (non-hydrogen) atoms. The summed E-state index contributed by atoms with van der Waals surface area (Å²) in [7, 11) is -0.975. The van der Waals surface area contributed by atoms with Crippen LogP contribution in [0.1, 0.15) is 25.7 Å². The molecule has 0 amide bonds. The van der Waals surface area contributed by atoms with E-state index in [0.29, 0.717) is 6.42 Å². The monoisotopic (exact) mass is 201 g/mol. The van der Waals surface area contributed by atoms with Gasteiger partial charge < -0.3 is 9.84 Å². The lowest BCUT2D eigenvalue weighted by atomic mass is 10.0. The van der Waals surface area contributed by atoms with Crippen molar-refractivity contribution in [1.82, 2.24) is 0 Å². The Hall–Kier alpha value is 0.137. The molecule has 0 aromatic heterocycles. The summed E-state index contributed by atoms with van der Waals surface area (Å²) in [5, 5.41) is 9.77. The summed E-state index contributed by atoms with van der Waals surface area (Å²) >= 11 is 0. The second-order valence-electron chi connectivity index (χ2n) is 4.22. The third kappa shape index (κ3) is 2.14. The average molecular weight is 201 g/mol. The minimum Gasteiger partial charge on any atom is -0.390 e. The van der Waals surface area contributed by atoms with E-state index >= 15 is 0 Å². The summed E-state index contributed by atoms with van der Waals surface area (Å²) in [6, 6.07) is 0. The van der Waals surface area contributed by atoms with E-state index in [2.05, 4.69) is 20.0 Å². The van der Waals surface area contributed by atoms with Gasteiger partial charge >= 0.3 is 0 Å². The van der Waals surface area contributed by atoms with Crippen molar-refractivity contribution < 1.29 is 9.84 Å². The van der Waals surface area contributed by atoms with Crippen LogP contribution in [0.15, 0.2) is 0 Å². The van der Waals surface area contributed by atoms with Gasteiger partial charge in [0.05, 0.1) is 20.1 Å². The van der Waals surface area contributed by atoms with Gasteiger partial charge in [-0.25, -0.2) is 0 Å². The molecular formula is C10H21O2Si. The van der Waals surface area contributed by atoms with Crippen LogP contribution >= 0.6 is 0 Å². The molecule has 1 rings (SSSR count). The lowest BCUT2D eigenvalue weighted by Crippen LogP contribution is -2.56. The predicted molar refractivity (Wildman–Crippen MR) is 57.4 cm³/mol. The van der Waals surface area contributed by atoms with Crippen molar-refractivity contribution in [2.45, 2.75) is 50.1 Å². The molecule has 0 bridgehead atoms. The van der Waals surface area contributed by atoms with Crippen molar-refractivity contribution in [2.75, 3.05) is 6.61 Å². The van der Waals surface area contributed by atoms with Gasteiger partial charge in [0.25, 0.3) is 0 Å². The highest BCUT2D eigenvalue weighted by Crippen LogP contribution is 2.32. The maximum Gasteiger partial charge on any atom is 0.0800 e. The molecule has 1 aliphatic rings. The van der Waals surface area contributed by atoms with Gasteiger partial charge in [-0.3, -0.25) is 0 Å². The normalized spacial score (nSPS) is 32.1. The lowest BCUT2D eigenvalue weighted by molar-refractivity contribution is -0.0963. The van der Waals surface area contributed by atoms with E-state index in [-0.39, 0.29) is 11.3 Å². The quantitative estimate of drug-likeness (QED) is 0.702. The van der Waals surface area contributed by atoms with Crippen LogP contribution in [-0.2, 0) is 4.74 Å². The van der Waals surface area contributed by atoms with Crippen LogP contribution in [-0.4, -0.2) is 31.8 Å². The third-order valence-corrected chi connectivity index (χ3v) is 5.94. The van der Waals surface area contributed by atoms with E-state index in [0.717, 1.165) is 19.4 Å². The van der Waals surface area contributed by atoms with Crippen molar-refractivity contribution in [2.24, 2.45) is 0 Å². The fraction of sp³-hybridized carbons (Fsp3) is 0.900. The number of hydrogen-bond acceptors (Lipinski definition) is 2. The molecule has 1 fully saturated rings. The fourth-order valence-corrected chi connectivity index (χ4v) is 4.35. The minimum atomic E-state index is -0.975. The topological polar surface area (TPSA) is 29.5 Å². The second-order valence-corrected chi connectivity index (χ2v) is 7.51. The Bertz CT molecular complexity index is 153. The summed E-state index contributed by atoms with van der Waals surface area (Å²) in [5.41, 5.74) is 0. The zero-order valence-electron chi connectivity index (χ0n) is 8.75. The first-order chi connectivity index (χ1) is 6.13. The van der Waals surface area contributed by atoms with Crippen molar-refractivity contribution in [3.05, 3.63) is 6.92 Å². The Morgan fingerprint density at radius 2 is 2.23 bits per heavy atom. The number of aliphatic hydroxyl groups is 1. The first-order valence-electron chi connectivity index (χ1n) is 5.24. The molecule has 0 aliphatic carbocycles. The van der Waals surface area contributed by atoms with Gasteiger partial charge in [0, 0.05) is 6.61 Å². The molecule has 0 spiro atoms. The molecular weight excluding hydrogens is 180 g/mol. The molecule has 0 aromatic rings. The summed E-state index contributed by atoms with van der Waals surface area (Å²) in [6.45, 7) is 9.11. The molecule has 2 unspecified atom stereocenters. The van der Waals surface area contributed by atoms with Crippen LogP contribution in [0, 0.1) is 6.92 Å². The summed E-state index contributed by atoms with van der Waals surface area (Å²) in [5.74, 6) is 0. The molecule has 0 saturated carbocycles. The molecule has 1 saturated heterocycles. The number of hydrogen-bond donors (Lipinski definition) is 1. The van der Waals surface area contributed by atoms with Crippen LogP contribution < -0.4 is 0 Å². The van der Waals surface area contributed by atoms with Gasteiger partial charge in [-0.15, -0.1) is 0 Å². The molecule has 1 heterocycles. The van der Waals surface area contributed by atoms with E-state index < -0.39 is 8.80 Å². The fourth-order valence-electron chi connectivity index (χ4n) is 2.18. The molecule has 0 aromatic carbocycles. The Morgan fingerprint density at radius 1 is 1.54 bits per heavy atom. The van der Waals surface area contributed by atoms with Crippen LogP contribution in [0.3, 0.4) is 0 Å². The molecule has 2 nitrogen and oxygen atoms in total. The third-order valence-electron chi connectivity index (χ3n) is 3.15. The van der Waals surface area contributed by atoms with E-state index in [1.165, 1.54) is 6.42 Å². The predicted octanol–water partition coefficient (Wildman–Crippen LogP) is 1.54. The highest BCUT2D eigenvalue weighted by Gasteiger charge is 2.42. The van der Waals surface area contributed by atoms with Crippen molar-refractivity contribution >= 4 is 8.80 Å². The summed E-state index contributed by atoms with van der Waals surface area (Å²) in [6.07, 6.45) is 3.60. The van der Waals surface area contributed by atoms with Gasteiger partial charge in [0.15, 0.2) is 0 Å². The van der Waals surface area contributed by atoms with Gasteiger partial charge in [0.1, 0.15) is 0 Å². The van der Waals surface area contributed by atoms with Crippen LogP contribution in [0.5, 0.6) is 0 Å². The first kappa shape index (κ1) is 11.2.